The van der Waals surface area contributed by atoms with Crippen molar-refractivity contribution in [3.63, 3.8) is 0 Å². The Kier molecular flexibility index (Phi) is 8.08. The molecule has 3 heterocycles. The van der Waals surface area contributed by atoms with Gasteiger partial charge in [0, 0.05) is 17.2 Å². The molecule has 0 spiro atoms. The smallest absolute Gasteiger partial charge is 0.324 e. The molecule has 214 valence electrons. The highest BCUT2D eigenvalue weighted by Crippen LogP contribution is 2.38. The van der Waals surface area contributed by atoms with Gasteiger partial charge in [0.15, 0.2) is 5.78 Å². The fourth-order valence-corrected chi connectivity index (χ4v) is 5.36. The van der Waals surface area contributed by atoms with Gasteiger partial charge in [-0.3, -0.25) is 10.1 Å². The first-order valence-electron chi connectivity index (χ1n) is 14.1. The number of carbonyl (C=O) groups excluding carboxylic acids is 2. The number of nitrogens with zero attached hydrogens (tertiary/aromatic N) is 3. The van der Waals surface area contributed by atoms with Crippen LogP contribution in [0, 0.1) is 19.8 Å². The third kappa shape index (κ3) is 6.25. The number of rotatable bonds is 7. The van der Waals surface area contributed by atoms with Crippen LogP contribution in [-0.4, -0.2) is 39.8 Å². The highest BCUT2D eigenvalue weighted by atomic mass is 16.5. The van der Waals surface area contributed by atoms with Crippen LogP contribution in [0.4, 0.5) is 16.3 Å². The van der Waals surface area contributed by atoms with E-state index in [1.807, 2.05) is 61.5 Å². The summed E-state index contributed by atoms with van der Waals surface area (Å²) in [6, 6.07) is 17.0. The summed E-state index contributed by atoms with van der Waals surface area (Å²) >= 11 is 0. The summed E-state index contributed by atoms with van der Waals surface area (Å²) in [5.41, 5.74) is 4.48. The number of Topliss-reactive ketones (excluding diaryl/α,β-unsaturated/α-hetero) is 1. The Morgan fingerprint density at radius 3 is 2.39 bits per heavy atom. The molecule has 2 aromatic heterocycles. The summed E-state index contributed by atoms with van der Waals surface area (Å²) in [5.74, 6) is 0.673. The monoisotopic (exact) mass is 554 g/mol. The number of ketones is 1. The van der Waals surface area contributed by atoms with Gasteiger partial charge >= 0.3 is 6.03 Å². The van der Waals surface area contributed by atoms with Crippen molar-refractivity contribution in [1.29, 1.82) is 0 Å². The van der Waals surface area contributed by atoms with Gasteiger partial charge in [-0.05, 0) is 69.5 Å². The molecule has 0 radical (unpaired) electrons. The molecule has 2 aromatic carbocycles. The molecule has 5 rings (SSSR count). The number of anilines is 2. The van der Waals surface area contributed by atoms with Crippen molar-refractivity contribution >= 4 is 23.3 Å². The van der Waals surface area contributed by atoms with Gasteiger partial charge in [0.25, 0.3) is 0 Å². The van der Waals surface area contributed by atoms with E-state index < -0.39 is 11.9 Å². The van der Waals surface area contributed by atoms with E-state index in [1.54, 1.807) is 11.6 Å². The zero-order chi connectivity index (χ0) is 29.1. The van der Waals surface area contributed by atoms with Crippen LogP contribution >= 0.6 is 0 Å². The quantitative estimate of drug-likeness (QED) is 0.228. The Morgan fingerprint density at radius 2 is 1.73 bits per heavy atom. The average molecular weight is 555 g/mol. The van der Waals surface area contributed by atoms with E-state index in [-0.39, 0.29) is 17.1 Å². The minimum atomic E-state index is -0.447. The Morgan fingerprint density at radius 1 is 1.02 bits per heavy atom. The SMILES string of the molecule is Cc1ccc(-n2nc(C(C)(C)C)cc2NC(=O)Nc2ccccc2C(C(=O)c2cnoc2C)C2CCNCC2)cc1. The number of carbonyl (C=O) groups is 2. The standard InChI is InChI=1S/C32H38N6O3/c1-20-10-12-23(13-11-20)38-28(18-27(37-38)32(3,4)5)36-31(40)35-26-9-7-6-8-24(26)29(22-14-16-33-17-15-22)30(39)25-19-34-41-21(25)2/h6-13,18-19,22,29,33H,14-17H2,1-5H3,(H2,35,36,40). The van der Waals surface area contributed by atoms with Gasteiger partial charge in [-0.2, -0.15) is 5.10 Å². The highest BCUT2D eigenvalue weighted by molar-refractivity contribution is 6.04. The molecule has 1 saturated heterocycles. The maximum absolute atomic E-state index is 13.9. The third-order valence-electron chi connectivity index (χ3n) is 7.70. The number of aryl methyl sites for hydroxylation is 2. The molecule has 41 heavy (non-hydrogen) atoms. The Balaban J connectivity index is 1.46. The summed E-state index contributed by atoms with van der Waals surface area (Å²) in [6.07, 6.45) is 3.20. The van der Waals surface area contributed by atoms with Crippen molar-refractivity contribution in [3.05, 3.63) is 88.9 Å². The van der Waals surface area contributed by atoms with E-state index in [0.717, 1.165) is 48.4 Å². The zero-order valence-electron chi connectivity index (χ0n) is 24.3. The van der Waals surface area contributed by atoms with Crippen LogP contribution in [0.3, 0.4) is 0 Å². The fraction of sp³-hybridized carbons (Fsp3) is 0.375. The number of hydrogen-bond acceptors (Lipinski definition) is 6. The number of hydrogen-bond donors (Lipinski definition) is 3. The third-order valence-corrected chi connectivity index (χ3v) is 7.70. The van der Waals surface area contributed by atoms with E-state index >= 15 is 0 Å². The van der Waals surface area contributed by atoms with Crippen LogP contribution in [0.2, 0.25) is 0 Å². The second-order valence-corrected chi connectivity index (χ2v) is 11.8. The molecular weight excluding hydrogens is 516 g/mol. The van der Waals surface area contributed by atoms with Crippen LogP contribution in [0.25, 0.3) is 5.69 Å². The molecule has 3 N–H and O–H groups in total. The fourth-order valence-electron chi connectivity index (χ4n) is 5.36. The number of urea groups is 1. The molecule has 9 heteroatoms. The molecule has 1 atom stereocenters. The van der Waals surface area contributed by atoms with Crippen LogP contribution in [0.15, 0.2) is 65.3 Å². The van der Waals surface area contributed by atoms with Gasteiger partial charge in [0.2, 0.25) is 0 Å². The second-order valence-electron chi connectivity index (χ2n) is 11.8. The van der Waals surface area contributed by atoms with Gasteiger partial charge < -0.3 is 15.2 Å². The topological polar surface area (TPSA) is 114 Å². The molecule has 1 aliphatic heterocycles. The summed E-state index contributed by atoms with van der Waals surface area (Å²) in [4.78, 5) is 27.4. The number of piperidine rings is 1. The average Bonchev–Trinajstić information content (AvgIpc) is 3.57. The van der Waals surface area contributed by atoms with Gasteiger partial charge in [0.1, 0.15) is 11.6 Å². The second kappa shape index (κ2) is 11.7. The Bertz CT molecular complexity index is 1520. The van der Waals surface area contributed by atoms with Crippen LogP contribution in [0.5, 0.6) is 0 Å². The summed E-state index contributed by atoms with van der Waals surface area (Å²) in [5, 5.41) is 18.1. The summed E-state index contributed by atoms with van der Waals surface area (Å²) in [7, 11) is 0. The highest BCUT2D eigenvalue weighted by Gasteiger charge is 2.35. The number of amides is 2. The molecule has 2 amide bonds. The van der Waals surface area contributed by atoms with Gasteiger partial charge in [-0.1, -0.05) is 61.8 Å². The molecule has 4 aromatic rings. The summed E-state index contributed by atoms with van der Waals surface area (Å²) < 4.78 is 6.98. The minimum Gasteiger partial charge on any atom is -0.361 e. The van der Waals surface area contributed by atoms with Crippen molar-refractivity contribution in [3.8, 4) is 5.69 Å². The zero-order valence-corrected chi connectivity index (χ0v) is 24.3. The molecular formula is C32H38N6O3. The maximum atomic E-state index is 13.9. The number of nitrogens with one attached hydrogen (secondary N) is 3. The predicted octanol–water partition coefficient (Wildman–Crippen LogP) is 6.38. The Hall–Kier alpha value is -4.24. The summed E-state index contributed by atoms with van der Waals surface area (Å²) in [6.45, 7) is 11.7. The predicted molar refractivity (Wildman–Crippen MR) is 160 cm³/mol. The minimum absolute atomic E-state index is 0.0439. The largest absolute Gasteiger partial charge is 0.361 e. The van der Waals surface area contributed by atoms with E-state index in [4.69, 9.17) is 9.62 Å². The van der Waals surface area contributed by atoms with Crippen molar-refractivity contribution in [1.82, 2.24) is 20.3 Å². The molecule has 0 bridgehead atoms. The van der Waals surface area contributed by atoms with E-state index in [0.29, 0.717) is 22.8 Å². The van der Waals surface area contributed by atoms with Crippen LogP contribution < -0.4 is 16.0 Å². The molecule has 9 nitrogen and oxygen atoms in total. The van der Waals surface area contributed by atoms with E-state index in [9.17, 15) is 9.59 Å². The normalized spacial score (nSPS) is 15.0. The lowest BCUT2D eigenvalue weighted by Crippen LogP contribution is -2.34. The number of para-hydroxylation sites is 1. The van der Waals surface area contributed by atoms with Crippen molar-refractivity contribution in [2.24, 2.45) is 5.92 Å². The van der Waals surface area contributed by atoms with Gasteiger partial charge in [-0.25, -0.2) is 9.48 Å². The lowest BCUT2D eigenvalue weighted by Gasteiger charge is -2.31. The van der Waals surface area contributed by atoms with Crippen molar-refractivity contribution in [2.45, 2.75) is 58.8 Å². The Labute approximate surface area is 240 Å². The van der Waals surface area contributed by atoms with E-state index in [1.165, 1.54) is 6.20 Å². The van der Waals surface area contributed by atoms with Crippen molar-refractivity contribution in [2.75, 3.05) is 23.7 Å². The van der Waals surface area contributed by atoms with Crippen molar-refractivity contribution < 1.29 is 14.1 Å². The first-order chi connectivity index (χ1) is 19.6. The van der Waals surface area contributed by atoms with Gasteiger partial charge in [-0.15, -0.1) is 0 Å². The molecule has 0 aliphatic carbocycles. The number of benzene rings is 2. The molecule has 0 saturated carbocycles. The molecule has 1 unspecified atom stereocenters. The first-order valence-corrected chi connectivity index (χ1v) is 14.1. The number of aromatic nitrogens is 3. The lowest BCUT2D eigenvalue weighted by atomic mass is 9.76. The van der Waals surface area contributed by atoms with Crippen LogP contribution in [-0.2, 0) is 5.41 Å². The van der Waals surface area contributed by atoms with Crippen LogP contribution in [0.1, 0.15) is 72.5 Å². The van der Waals surface area contributed by atoms with Gasteiger partial charge in [0.05, 0.1) is 29.1 Å². The maximum Gasteiger partial charge on any atom is 0.324 e. The van der Waals surface area contributed by atoms with E-state index in [2.05, 4.69) is 41.9 Å². The molecule has 1 fully saturated rings. The lowest BCUT2D eigenvalue weighted by molar-refractivity contribution is 0.0914. The first kappa shape index (κ1) is 28.3. The molecule has 1 aliphatic rings.